The maximum atomic E-state index is 2.31. The lowest BCUT2D eigenvalue weighted by molar-refractivity contribution is 0.510. The van der Waals surface area contributed by atoms with Crippen LogP contribution in [0.1, 0.15) is 55.1 Å². The second-order valence-electron chi connectivity index (χ2n) is 5.67. The molecule has 0 saturated heterocycles. The van der Waals surface area contributed by atoms with Gasteiger partial charge in [-0.3, -0.25) is 0 Å². The van der Waals surface area contributed by atoms with Gasteiger partial charge in [0.2, 0.25) is 0 Å². The molecule has 0 nitrogen and oxygen atoms in total. The van der Waals surface area contributed by atoms with Crippen molar-refractivity contribution in [1.82, 2.24) is 0 Å². The van der Waals surface area contributed by atoms with E-state index in [1.807, 2.05) is 0 Å². The van der Waals surface area contributed by atoms with E-state index >= 15 is 0 Å². The molecular weight excluding hydrogens is 228 g/mol. The van der Waals surface area contributed by atoms with Crippen molar-refractivity contribution in [2.75, 3.05) is 0 Å². The van der Waals surface area contributed by atoms with Crippen molar-refractivity contribution < 1.29 is 0 Å². The Hall–Kier alpha value is -1.56. The van der Waals surface area contributed by atoms with Crippen LogP contribution in [0.3, 0.4) is 0 Å². The Kier molecular flexibility index (Phi) is 3.98. The van der Waals surface area contributed by atoms with Crippen molar-refractivity contribution in [1.29, 1.82) is 0 Å². The Morgan fingerprint density at radius 3 is 1.37 bits per heavy atom. The van der Waals surface area contributed by atoms with Crippen molar-refractivity contribution in [2.45, 2.75) is 43.9 Å². The first kappa shape index (κ1) is 12.5. The molecule has 0 N–H and O–H groups in total. The first-order valence-electron chi connectivity index (χ1n) is 7.55. The lowest BCUT2D eigenvalue weighted by atomic mass is 9.78. The zero-order chi connectivity index (χ0) is 12.9. The number of benzene rings is 2. The van der Waals surface area contributed by atoms with E-state index in [2.05, 4.69) is 60.7 Å². The van der Waals surface area contributed by atoms with Gasteiger partial charge in [0.1, 0.15) is 0 Å². The van der Waals surface area contributed by atoms with Gasteiger partial charge in [0.25, 0.3) is 0 Å². The molecule has 2 aromatic rings. The molecule has 98 valence electrons. The van der Waals surface area contributed by atoms with E-state index in [1.165, 1.54) is 43.2 Å². The highest BCUT2D eigenvalue weighted by molar-refractivity contribution is 5.28. The lowest BCUT2D eigenvalue weighted by Gasteiger charge is -2.26. The lowest BCUT2D eigenvalue weighted by Crippen LogP contribution is -2.10. The Morgan fingerprint density at radius 1 is 0.526 bits per heavy atom. The highest BCUT2D eigenvalue weighted by Gasteiger charge is 2.26. The molecule has 0 heterocycles. The molecule has 0 spiro atoms. The van der Waals surface area contributed by atoms with Crippen molar-refractivity contribution in [3.63, 3.8) is 0 Å². The SMILES string of the molecule is c1ccc([C@@H]2CCCCC[C@H]2c2ccccc2)cc1. The molecule has 1 aliphatic rings. The van der Waals surface area contributed by atoms with Gasteiger partial charge >= 0.3 is 0 Å². The summed E-state index contributed by atoms with van der Waals surface area (Å²) in [6.45, 7) is 0. The molecule has 2 aromatic carbocycles. The minimum atomic E-state index is 0.700. The molecule has 0 amide bonds. The molecular formula is C19H22. The van der Waals surface area contributed by atoms with E-state index in [1.54, 1.807) is 0 Å². The monoisotopic (exact) mass is 250 g/mol. The highest BCUT2D eigenvalue weighted by atomic mass is 14.3. The van der Waals surface area contributed by atoms with Gasteiger partial charge in [0.15, 0.2) is 0 Å². The van der Waals surface area contributed by atoms with Gasteiger partial charge < -0.3 is 0 Å². The van der Waals surface area contributed by atoms with E-state index < -0.39 is 0 Å². The van der Waals surface area contributed by atoms with Gasteiger partial charge in [-0.25, -0.2) is 0 Å². The van der Waals surface area contributed by atoms with Crippen LogP contribution in [-0.4, -0.2) is 0 Å². The Labute approximate surface area is 116 Å². The van der Waals surface area contributed by atoms with Crippen molar-refractivity contribution in [2.24, 2.45) is 0 Å². The summed E-state index contributed by atoms with van der Waals surface area (Å²) in [5, 5.41) is 0. The number of hydrogen-bond acceptors (Lipinski definition) is 0. The molecule has 0 heteroatoms. The summed E-state index contributed by atoms with van der Waals surface area (Å²) in [6, 6.07) is 22.2. The van der Waals surface area contributed by atoms with Crippen LogP contribution in [0.4, 0.5) is 0 Å². The van der Waals surface area contributed by atoms with E-state index in [4.69, 9.17) is 0 Å². The van der Waals surface area contributed by atoms with Crippen molar-refractivity contribution in [3.8, 4) is 0 Å². The Morgan fingerprint density at radius 2 is 0.947 bits per heavy atom. The summed E-state index contributed by atoms with van der Waals surface area (Å²) in [6.07, 6.45) is 6.83. The van der Waals surface area contributed by atoms with E-state index in [0.29, 0.717) is 11.8 Å². The van der Waals surface area contributed by atoms with Crippen LogP contribution < -0.4 is 0 Å². The summed E-state index contributed by atoms with van der Waals surface area (Å²) in [4.78, 5) is 0. The second kappa shape index (κ2) is 6.06. The van der Waals surface area contributed by atoms with Crippen LogP contribution in [0.5, 0.6) is 0 Å². The fraction of sp³-hybridized carbons (Fsp3) is 0.368. The second-order valence-corrected chi connectivity index (χ2v) is 5.67. The van der Waals surface area contributed by atoms with Crippen LogP contribution >= 0.6 is 0 Å². The molecule has 3 rings (SSSR count). The van der Waals surface area contributed by atoms with Gasteiger partial charge in [-0.2, -0.15) is 0 Å². The van der Waals surface area contributed by atoms with E-state index in [9.17, 15) is 0 Å². The molecule has 0 aromatic heterocycles. The molecule has 2 atom stereocenters. The number of rotatable bonds is 2. The number of hydrogen-bond donors (Lipinski definition) is 0. The quantitative estimate of drug-likeness (QED) is 0.616. The smallest absolute Gasteiger partial charge is 0.00931 e. The minimum absolute atomic E-state index is 0.700. The average Bonchev–Trinajstić information content (AvgIpc) is 2.75. The highest BCUT2D eigenvalue weighted by Crippen LogP contribution is 2.42. The van der Waals surface area contributed by atoms with Gasteiger partial charge in [-0.1, -0.05) is 79.9 Å². The summed E-state index contributed by atoms with van der Waals surface area (Å²) < 4.78 is 0. The molecule has 0 unspecified atom stereocenters. The van der Waals surface area contributed by atoms with Crippen LogP contribution in [-0.2, 0) is 0 Å². The molecule has 0 bridgehead atoms. The van der Waals surface area contributed by atoms with Gasteiger partial charge in [0, 0.05) is 0 Å². The molecule has 1 aliphatic carbocycles. The topological polar surface area (TPSA) is 0 Å². The Balaban J connectivity index is 1.94. The zero-order valence-corrected chi connectivity index (χ0v) is 11.5. The van der Waals surface area contributed by atoms with E-state index in [0.717, 1.165) is 0 Å². The minimum Gasteiger partial charge on any atom is -0.0622 e. The molecule has 1 saturated carbocycles. The predicted octanol–water partition coefficient (Wildman–Crippen LogP) is 5.52. The predicted molar refractivity (Wildman–Crippen MR) is 81.5 cm³/mol. The third kappa shape index (κ3) is 2.89. The summed E-state index contributed by atoms with van der Waals surface area (Å²) in [5.74, 6) is 1.40. The van der Waals surface area contributed by atoms with Crippen molar-refractivity contribution >= 4 is 0 Å². The summed E-state index contributed by atoms with van der Waals surface area (Å²) in [7, 11) is 0. The zero-order valence-electron chi connectivity index (χ0n) is 11.5. The van der Waals surface area contributed by atoms with Gasteiger partial charge in [0.05, 0.1) is 0 Å². The molecule has 0 aliphatic heterocycles. The average molecular weight is 250 g/mol. The molecule has 19 heavy (non-hydrogen) atoms. The largest absolute Gasteiger partial charge is 0.0622 e. The fourth-order valence-corrected chi connectivity index (χ4v) is 3.51. The maximum absolute atomic E-state index is 2.31. The standard InChI is InChI=1S/C19H22/c1-4-10-16(11-5-1)18-14-8-3-9-15-19(18)17-12-6-2-7-13-17/h1-2,4-7,10-13,18-19H,3,8-9,14-15H2/t18-,19-/m0/s1. The van der Waals surface area contributed by atoms with Crippen LogP contribution in [0, 0.1) is 0 Å². The normalized spacial score (nSPS) is 23.8. The fourth-order valence-electron chi connectivity index (χ4n) is 3.51. The van der Waals surface area contributed by atoms with Gasteiger partial charge in [-0.05, 0) is 35.8 Å². The van der Waals surface area contributed by atoms with Crippen LogP contribution in [0.25, 0.3) is 0 Å². The van der Waals surface area contributed by atoms with Gasteiger partial charge in [-0.15, -0.1) is 0 Å². The van der Waals surface area contributed by atoms with Crippen molar-refractivity contribution in [3.05, 3.63) is 71.8 Å². The third-order valence-corrected chi connectivity index (χ3v) is 4.47. The van der Waals surface area contributed by atoms with E-state index in [-0.39, 0.29) is 0 Å². The maximum Gasteiger partial charge on any atom is -0.00931 e. The van der Waals surface area contributed by atoms with Crippen LogP contribution in [0.2, 0.25) is 0 Å². The first-order chi connectivity index (χ1) is 9.45. The Bertz CT molecular complexity index is 438. The molecule has 1 fully saturated rings. The first-order valence-corrected chi connectivity index (χ1v) is 7.55. The summed E-state index contributed by atoms with van der Waals surface area (Å²) in [5.41, 5.74) is 3.05. The molecule has 0 radical (unpaired) electrons. The summed E-state index contributed by atoms with van der Waals surface area (Å²) >= 11 is 0. The third-order valence-electron chi connectivity index (χ3n) is 4.47. The van der Waals surface area contributed by atoms with Crippen LogP contribution in [0.15, 0.2) is 60.7 Å².